The van der Waals surface area contributed by atoms with Crippen LogP contribution in [0.3, 0.4) is 0 Å². The number of aryl methyl sites for hydroxylation is 1. The van der Waals surface area contributed by atoms with Crippen molar-refractivity contribution in [2.75, 3.05) is 7.11 Å². The van der Waals surface area contributed by atoms with E-state index in [2.05, 4.69) is 15.9 Å². The SMILES string of the molecule is COc1cc(Br)cc(C)c1Cl. The summed E-state index contributed by atoms with van der Waals surface area (Å²) in [5.74, 6) is 0.707. The highest BCUT2D eigenvalue weighted by Gasteiger charge is 2.03. The van der Waals surface area contributed by atoms with E-state index in [1.807, 2.05) is 19.1 Å². The Balaban J connectivity index is 3.24. The van der Waals surface area contributed by atoms with Gasteiger partial charge in [-0.1, -0.05) is 27.5 Å². The fourth-order valence-corrected chi connectivity index (χ4v) is 1.58. The average Bonchev–Trinajstić information content (AvgIpc) is 1.96. The molecule has 0 saturated carbocycles. The van der Waals surface area contributed by atoms with Crippen LogP contribution < -0.4 is 4.74 Å². The van der Waals surface area contributed by atoms with Gasteiger partial charge in [-0.2, -0.15) is 0 Å². The Morgan fingerprint density at radius 3 is 2.64 bits per heavy atom. The highest BCUT2D eigenvalue weighted by molar-refractivity contribution is 9.10. The van der Waals surface area contributed by atoms with Crippen molar-refractivity contribution in [2.24, 2.45) is 0 Å². The lowest BCUT2D eigenvalue weighted by molar-refractivity contribution is 0.414. The molecule has 0 aliphatic carbocycles. The van der Waals surface area contributed by atoms with Gasteiger partial charge in [-0.25, -0.2) is 0 Å². The lowest BCUT2D eigenvalue weighted by Gasteiger charge is -2.05. The van der Waals surface area contributed by atoms with E-state index in [-0.39, 0.29) is 0 Å². The predicted octanol–water partition coefficient (Wildman–Crippen LogP) is 3.42. The number of ether oxygens (including phenoxy) is 1. The lowest BCUT2D eigenvalue weighted by atomic mass is 10.2. The zero-order valence-electron chi connectivity index (χ0n) is 6.32. The minimum Gasteiger partial charge on any atom is -0.495 e. The first kappa shape index (κ1) is 8.88. The quantitative estimate of drug-likeness (QED) is 0.725. The van der Waals surface area contributed by atoms with E-state index in [0.717, 1.165) is 10.0 Å². The molecule has 60 valence electrons. The summed E-state index contributed by atoms with van der Waals surface area (Å²) in [7, 11) is 1.60. The second kappa shape index (κ2) is 3.46. The smallest absolute Gasteiger partial charge is 0.138 e. The number of halogens is 2. The summed E-state index contributed by atoms with van der Waals surface area (Å²) in [6.07, 6.45) is 0. The van der Waals surface area contributed by atoms with Gasteiger partial charge in [-0.05, 0) is 24.6 Å². The van der Waals surface area contributed by atoms with Gasteiger partial charge < -0.3 is 4.74 Å². The van der Waals surface area contributed by atoms with Crippen molar-refractivity contribution in [1.29, 1.82) is 0 Å². The first-order chi connectivity index (χ1) is 5.15. The Bertz CT molecular complexity index is 273. The van der Waals surface area contributed by atoms with Crippen molar-refractivity contribution in [3.8, 4) is 5.75 Å². The van der Waals surface area contributed by atoms with Crippen LogP contribution in [-0.2, 0) is 0 Å². The molecule has 0 aliphatic rings. The molecule has 0 aromatic heterocycles. The van der Waals surface area contributed by atoms with E-state index in [4.69, 9.17) is 16.3 Å². The van der Waals surface area contributed by atoms with Gasteiger partial charge in [0.15, 0.2) is 0 Å². The Hall–Kier alpha value is -0.210. The Morgan fingerprint density at radius 2 is 2.09 bits per heavy atom. The van der Waals surface area contributed by atoms with Gasteiger partial charge in [0.25, 0.3) is 0 Å². The molecule has 0 radical (unpaired) electrons. The van der Waals surface area contributed by atoms with Gasteiger partial charge in [-0.3, -0.25) is 0 Å². The molecule has 0 N–H and O–H groups in total. The highest BCUT2D eigenvalue weighted by atomic mass is 79.9. The van der Waals surface area contributed by atoms with Gasteiger partial charge in [-0.15, -0.1) is 0 Å². The van der Waals surface area contributed by atoms with Crippen LogP contribution >= 0.6 is 27.5 Å². The molecule has 0 fully saturated rings. The van der Waals surface area contributed by atoms with Gasteiger partial charge in [0.05, 0.1) is 12.1 Å². The standard InChI is InChI=1S/C8H8BrClO/c1-5-3-6(9)4-7(11-2)8(5)10/h3-4H,1-2H3. The maximum absolute atomic E-state index is 5.92. The zero-order chi connectivity index (χ0) is 8.43. The maximum atomic E-state index is 5.92. The van der Waals surface area contributed by atoms with Crippen LogP contribution in [0.15, 0.2) is 16.6 Å². The van der Waals surface area contributed by atoms with Crippen LogP contribution in [0.2, 0.25) is 5.02 Å². The monoisotopic (exact) mass is 234 g/mol. The van der Waals surface area contributed by atoms with E-state index < -0.39 is 0 Å². The van der Waals surface area contributed by atoms with Gasteiger partial charge in [0.1, 0.15) is 5.75 Å². The third-order valence-electron chi connectivity index (χ3n) is 1.41. The Morgan fingerprint density at radius 1 is 1.45 bits per heavy atom. The first-order valence-electron chi connectivity index (χ1n) is 3.15. The molecule has 0 heterocycles. The predicted molar refractivity (Wildman–Crippen MR) is 50.4 cm³/mol. The van der Waals surface area contributed by atoms with Crippen molar-refractivity contribution in [3.05, 3.63) is 27.2 Å². The average molecular weight is 236 g/mol. The fourth-order valence-electron chi connectivity index (χ4n) is 0.843. The number of hydrogen-bond acceptors (Lipinski definition) is 1. The molecule has 1 nitrogen and oxygen atoms in total. The molecule has 3 heteroatoms. The minimum atomic E-state index is 0.677. The summed E-state index contributed by atoms with van der Waals surface area (Å²) in [6.45, 7) is 1.94. The lowest BCUT2D eigenvalue weighted by Crippen LogP contribution is -1.86. The molecule has 0 spiro atoms. The van der Waals surface area contributed by atoms with E-state index >= 15 is 0 Å². The number of benzene rings is 1. The van der Waals surface area contributed by atoms with Gasteiger partial charge in [0.2, 0.25) is 0 Å². The molecular weight excluding hydrogens is 227 g/mol. The summed E-state index contributed by atoms with van der Waals surface area (Å²) in [6, 6.07) is 3.79. The fraction of sp³-hybridized carbons (Fsp3) is 0.250. The van der Waals surface area contributed by atoms with E-state index in [1.54, 1.807) is 7.11 Å². The molecule has 0 aliphatic heterocycles. The topological polar surface area (TPSA) is 9.23 Å². The highest BCUT2D eigenvalue weighted by Crippen LogP contribution is 2.31. The molecule has 0 bridgehead atoms. The normalized spacial score (nSPS) is 9.82. The van der Waals surface area contributed by atoms with Crippen LogP contribution in [0.4, 0.5) is 0 Å². The molecule has 1 aromatic rings. The summed E-state index contributed by atoms with van der Waals surface area (Å²) in [4.78, 5) is 0. The van der Waals surface area contributed by atoms with E-state index in [0.29, 0.717) is 10.8 Å². The van der Waals surface area contributed by atoms with Crippen molar-refractivity contribution in [2.45, 2.75) is 6.92 Å². The van der Waals surface area contributed by atoms with Crippen LogP contribution in [-0.4, -0.2) is 7.11 Å². The van der Waals surface area contributed by atoms with Crippen molar-refractivity contribution < 1.29 is 4.74 Å². The molecule has 0 saturated heterocycles. The van der Waals surface area contributed by atoms with Crippen LogP contribution in [0.1, 0.15) is 5.56 Å². The molecule has 0 atom stereocenters. The van der Waals surface area contributed by atoms with Crippen molar-refractivity contribution in [1.82, 2.24) is 0 Å². The molecule has 0 unspecified atom stereocenters. The number of rotatable bonds is 1. The summed E-state index contributed by atoms with van der Waals surface area (Å²) in [5, 5.41) is 0.677. The van der Waals surface area contributed by atoms with E-state index in [9.17, 15) is 0 Å². The number of hydrogen-bond donors (Lipinski definition) is 0. The van der Waals surface area contributed by atoms with Crippen LogP contribution in [0, 0.1) is 6.92 Å². The molecule has 1 rings (SSSR count). The second-order valence-electron chi connectivity index (χ2n) is 2.24. The third-order valence-corrected chi connectivity index (χ3v) is 2.35. The van der Waals surface area contributed by atoms with Crippen molar-refractivity contribution >= 4 is 27.5 Å². The van der Waals surface area contributed by atoms with E-state index in [1.165, 1.54) is 0 Å². The second-order valence-corrected chi connectivity index (χ2v) is 3.53. The van der Waals surface area contributed by atoms with Gasteiger partial charge >= 0.3 is 0 Å². The summed E-state index contributed by atoms with van der Waals surface area (Å²) >= 11 is 9.27. The summed E-state index contributed by atoms with van der Waals surface area (Å²) < 4.78 is 6.03. The Labute approximate surface area is 79.4 Å². The first-order valence-corrected chi connectivity index (χ1v) is 4.32. The van der Waals surface area contributed by atoms with Crippen LogP contribution in [0.5, 0.6) is 5.75 Å². The molecule has 1 aromatic carbocycles. The third kappa shape index (κ3) is 1.88. The molecule has 11 heavy (non-hydrogen) atoms. The largest absolute Gasteiger partial charge is 0.495 e. The maximum Gasteiger partial charge on any atom is 0.138 e. The van der Waals surface area contributed by atoms with Crippen LogP contribution in [0.25, 0.3) is 0 Å². The van der Waals surface area contributed by atoms with Crippen molar-refractivity contribution in [3.63, 3.8) is 0 Å². The molecular formula is C8H8BrClO. The molecule has 0 amide bonds. The van der Waals surface area contributed by atoms with Gasteiger partial charge in [0, 0.05) is 4.47 Å². The Kier molecular flexibility index (Phi) is 2.79. The minimum absolute atomic E-state index is 0.677. The zero-order valence-corrected chi connectivity index (χ0v) is 8.66. The number of methoxy groups -OCH3 is 1. The summed E-state index contributed by atoms with van der Waals surface area (Å²) in [5.41, 5.74) is 1.01.